The summed E-state index contributed by atoms with van der Waals surface area (Å²) in [4.78, 5) is 23.0. The Morgan fingerprint density at radius 3 is 2.44 bits per heavy atom. The van der Waals surface area contributed by atoms with E-state index in [9.17, 15) is 14.9 Å². The SMILES string of the molecule is CC(C)c1ccc(-n2cc(C(=O)c3ccccc3[N+](=O)[O-])nn2)cc1. The number of nitro benzene ring substituents is 1. The first-order chi connectivity index (χ1) is 12.0. The molecule has 1 aromatic heterocycles. The van der Waals surface area contributed by atoms with Gasteiger partial charge in [-0.2, -0.15) is 0 Å². The molecule has 0 saturated carbocycles. The summed E-state index contributed by atoms with van der Waals surface area (Å²) < 4.78 is 1.48. The van der Waals surface area contributed by atoms with Gasteiger partial charge < -0.3 is 0 Å². The third kappa shape index (κ3) is 3.30. The van der Waals surface area contributed by atoms with Crippen LogP contribution in [-0.2, 0) is 0 Å². The molecule has 0 aliphatic heterocycles. The van der Waals surface area contributed by atoms with Gasteiger partial charge in [-0.05, 0) is 29.7 Å². The predicted octanol–water partition coefficient (Wildman–Crippen LogP) is 3.53. The van der Waals surface area contributed by atoms with E-state index in [-0.39, 0.29) is 16.9 Å². The topological polar surface area (TPSA) is 90.9 Å². The molecule has 7 nitrogen and oxygen atoms in total. The van der Waals surface area contributed by atoms with Gasteiger partial charge in [-0.1, -0.05) is 43.3 Å². The van der Waals surface area contributed by atoms with Gasteiger partial charge in [-0.3, -0.25) is 14.9 Å². The highest BCUT2D eigenvalue weighted by atomic mass is 16.6. The summed E-state index contributed by atoms with van der Waals surface area (Å²) in [6.07, 6.45) is 1.48. The maximum Gasteiger partial charge on any atom is 0.280 e. The zero-order valence-electron chi connectivity index (χ0n) is 13.8. The van der Waals surface area contributed by atoms with E-state index in [1.54, 1.807) is 6.07 Å². The molecule has 0 saturated heterocycles. The lowest BCUT2D eigenvalue weighted by Crippen LogP contribution is -2.05. The van der Waals surface area contributed by atoms with Crippen LogP contribution in [0, 0.1) is 10.1 Å². The van der Waals surface area contributed by atoms with Crippen molar-refractivity contribution in [1.29, 1.82) is 0 Å². The highest BCUT2D eigenvalue weighted by Gasteiger charge is 2.23. The van der Waals surface area contributed by atoms with Crippen molar-refractivity contribution in [2.24, 2.45) is 0 Å². The lowest BCUT2D eigenvalue weighted by molar-refractivity contribution is -0.385. The average Bonchev–Trinajstić information content (AvgIpc) is 3.11. The molecule has 0 aliphatic carbocycles. The number of para-hydroxylation sites is 1. The van der Waals surface area contributed by atoms with Gasteiger partial charge in [0.2, 0.25) is 5.78 Å². The second kappa shape index (κ2) is 6.64. The van der Waals surface area contributed by atoms with Crippen molar-refractivity contribution in [3.05, 3.63) is 81.7 Å². The van der Waals surface area contributed by atoms with E-state index in [1.165, 1.54) is 34.6 Å². The van der Waals surface area contributed by atoms with Crippen molar-refractivity contribution in [2.45, 2.75) is 19.8 Å². The summed E-state index contributed by atoms with van der Waals surface area (Å²) in [5.41, 5.74) is 1.76. The van der Waals surface area contributed by atoms with Gasteiger partial charge in [0.05, 0.1) is 16.8 Å². The minimum atomic E-state index is -0.581. The Kier molecular flexibility index (Phi) is 4.38. The number of hydrogen-bond acceptors (Lipinski definition) is 5. The van der Waals surface area contributed by atoms with Crippen molar-refractivity contribution in [3.63, 3.8) is 0 Å². The Morgan fingerprint density at radius 1 is 1.12 bits per heavy atom. The highest BCUT2D eigenvalue weighted by molar-refractivity contribution is 6.10. The second-order valence-corrected chi connectivity index (χ2v) is 5.90. The van der Waals surface area contributed by atoms with E-state index in [1.807, 2.05) is 24.3 Å². The van der Waals surface area contributed by atoms with Crippen molar-refractivity contribution >= 4 is 11.5 Å². The lowest BCUT2D eigenvalue weighted by Gasteiger charge is -2.06. The van der Waals surface area contributed by atoms with Gasteiger partial charge in [0.15, 0.2) is 5.69 Å². The Morgan fingerprint density at radius 2 is 1.80 bits per heavy atom. The molecule has 0 atom stereocenters. The zero-order chi connectivity index (χ0) is 18.0. The number of carbonyl (C=O) groups excluding carboxylic acids is 1. The second-order valence-electron chi connectivity index (χ2n) is 5.90. The first kappa shape index (κ1) is 16.5. The average molecular weight is 336 g/mol. The van der Waals surface area contributed by atoms with Crippen molar-refractivity contribution in [1.82, 2.24) is 15.0 Å². The molecular formula is C18H16N4O3. The molecule has 0 aliphatic rings. The van der Waals surface area contributed by atoms with Crippen LogP contribution in [0.4, 0.5) is 5.69 Å². The van der Waals surface area contributed by atoms with Crippen LogP contribution in [0.25, 0.3) is 5.69 Å². The number of nitro groups is 1. The molecule has 0 radical (unpaired) electrons. The molecule has 0 unspecified atom stereocenters. The van der Waals surface area contributed by atoms with E-state index in [0.29, 0.717) is 5.92 Å². The van der Waals surface area contributed by atoms with Crippen molar-refractivity contribution in [2.75, 3.05) is 0 Å². The Hall–Kier alpha value is -3.35. The summed E-state index contributed by atoms with van der Waals surface area (Å²) in [7, 11) is 0. The van der Waals surface area contributed by atoms with Crippen LogP contribution < -0.4 is 0 Å². The molecule has 3 rings (SSSR count). The van der Waals surface area contributed by atoms with Crippen LogP contribution in [-0.4, -0.2) is 25.7 Å². The summed E-state index contributed by atoms with van der Waals surface area (Å²) >= 11 is 0. The molecule has 0 amide bonds. The standard InChI is InChI=1S/C18H16N4O3/c1-12(2)13-7-9-14(10-8-13)21-11-16(19-20-21)18(23)15-5-3-4-6-17(15)22(24)25/h3-12H,1-2H3. The van der Waals surface area contributed by atoms with Gasteiger partial charge in [0.1, 0.15) is 5.56 Å². The molecule has 7 heteroatoms. The first-order valence-corrected chi connectivity index (χ1v) is 7.78. The van der Waals surface area contributed by atoms with Crippen molar-refractivity contribution in [3.8, 4) is 5.69 Å². The third-order valence-electron chi connectivity index (χ3n) is 3.90. The number of hydrogen-bond donors (Lipinski definition) is 0. The normalized spacial score (nSPS) is 10.8. The fourth-order valence-electron chi connectivity index (χ4n) is 2.47. The number of nitrogens with zero attached hydrogens (tertiary/aromatic N) is 4. The van der Waals surface area contributed by atoms with Crippen LogP contribution in [0.3, 0.4) is 0 Å². The highest BCUT2D eigenvalue weighted by Crippen LogP contribution is 2.21. The van der Waals surface area contributed by atoms with E-state index >= 15 is 0 Å². The van der Waals surface area contributed by atoms with Crippen molar-refractivity contribution < 1.29 is 9.72 Å². The molecule has 0 bridgehead atoms. The Balaban J connectivity index is 1.91. The van der Waals surface area contributed by atoms with E-state index in [2.05, 4.69) is 24.2 Å². The molecule has 3 aromatic rings. The maximum atomic E-state index is 12.5. The monoisotopic (exact) mass is 336 g/mol. The van der Waals surface area contributed by atoms with Gasteiger partial charge in [0.25, 0.3) is 5.69 Å². The summed E-state index contributed by atoms with van der Waals surface area (Å²) in [5, 5.41) is 18.9. The van der Waals surface area contributed by atoms with Crippen LogP contribution in [0.15, 0.2) is 54.7 Å². The Bertz CT molecular complexity index is 930. The molecule has 25 heavy (non-hydrogen) atoms. The molecule has 0 N–H and O–H groups in total. The molecular weight excluding hydrogens is 320 g/mol. The Labute approximate surface area is 144 Å². The molecule has 126 valence electrons. The molecule has 2 aromatic carbocycles. The zero-order valence-corrected chi connectivity index (χ0v) is 13.8. The summed E-state index contributed by atoms with van der Waals surface area (Å²) in [6.45, 7) is 4.21. The van der Waals surface area contributed by atoms with Gasteiger partial charge in [0, 0.05) is 6.07 Å². The molecule has 0 spiro atoms. The maximum absolute atomic E-state index is 12.5. The van der Waals surface area contributed by atoms with Crippen LogP contribution in [0.2, 0.25) is 0 Å². The quantitative estimate of drug-likeness (QED) is 0.404. The lowest BCUT2D eigenvalue weighted by atomic mass is 10.0. The minimum Gasteiger partial charge on any atom is -0.286 e. The molecule has 1 heterocycles. The van der Waals surface area contributed by atoms with Gasteiger partial charge >= 0.3 is 0 Å². The number of carbonyl (C=O) groups is 1. The number of ketones is 1. The number of aromatic nitrogens is 3. The third-order valence-corrected chi connectivity index (χ3v) is 3.90. The number of benzene rings is 2. The van der Waals surface area contributed by atoms with Crippen LogP contribution in [0.1, 0.15) is 41.4 Å². The molecule has 0 fully saturated rings. The summed E-state index contributed by atoms with van der Waals surface area (Å²) in [6, 6.07) is 13.6. The smallest absolute Gasteiger partial charge is 0.280 e. The largest absolute Gasteiger partial charge is 0.286 e. The fourth-order valence-corrected chi connectivity index (χ4v) is 2.47. The van der Waals surface area contributed by atoms with Gasteiger partial charge in [-0.15, -0.1) is 5.10 Å². The first-order valence-electron chi connectivity index (χ1n) is 7.78. The van der Waals surface area contributed by atoms with E-state index in [0.717, 1.165) is 5.69 Å². The fraction of sp³-hybridized carbons (Fsp3) is 0.167. The van der Waals surface area contributed by atoms with Crippen LogP contribution >= 0.6 is 0 Å². The van der Waals surface area contributed by atoms with E-state index < -0.39 is 10.7 Å². The van der Waals surface area contributed by atoms with E-state index in [4.69, 9.17) is 0 Å². The summed E-state index contributed by atoms with van der Waals surface area (Å²) in [5.74, 6) is -0.113. The van der Waals surface area contributed by atoms with Crippen LogP contribution in [0.5, 0.6) is 0 Å². The predicted molar refractivity (Wildman–Crippen MR) is 92.0 cm³/mol. The minimum absolute atomic E-state index is 0.00490. The number of rotatable bonds is 5. The van der Waals surface area contributed by atoms with Gasteiger partial charge in [-0.25, -0.2) is 4.68 Å².